The van der Waals surface area contributed by atoms with E-state index in [0.717, 1.165) is 0 Å². The van der Waals surface area contributed by atoms with E-state index in [1.165, 1.54) is 13.2 Å². The number of amides is 1. The van der Waals surface area contributed by atoms with Gasteiger partial charge < -0.3 is 14.8 Å². The zero-order valence-electron chi connectivity index (χ0n) is 15.0. The smallest absolute Gasteiger partial charge is 0.266 e. The summed E-state index contributed by atoms with van der Waals surface area (Å²) < 4.78 is 11.0. The molecule has 0 spiro atoms. The molecule has 0 aliphatic rings. The first kappa shape index (κ1) is 20.6. The van der Waals surface area contributed by atoms with E-state index in [0.29, 0.717) is 32.8 Å². The van der Waals surface area contributed by atoms with Crippen LogP contribution >= 0.6 is 23.2 Å². The number of hydrogen-bond donors (Lipinski definition) is 1. The van der Waals surface area contributed by atoms with Crippen molar-refractivity contribution < 1.29 is 14.3 Å². The summed E-state index contributed by atoms with van der Waals surface area (Å²) in [5.74, 6) is 0.283. The lowest BCUT2D eigenvalue weighted by molar-refractivity contribution is -0.112. The molecule has 1 amide bonds. The molecule has 5 nitrogen and oxygen atoms in total. The predicted molar refractivity (Wildman–Crippen MR) is 107 cm³/mol. The number of ether oxygens (including phenoxy) is 2. The fourth-order valence-corrected chi connectivity index (χ4v) is 2.61. The van der Waals surface area contributed by atoms with Gasteiger partial charge in [-0.3, -0.25) is 4.79 Å². The molecule has 1 N–H and O–H groups in total. The first-order chi connectivity index (χ1) is 12.8. The Hall–Kier alpha value is -2.68. The van der Waals surface area contributed by atoms with E-state index in [-0.39, 0.29) is 11.7 Å². The minimum atomic E-state index is -0.544. The highest BCUT2D eigenvalue weighted by atomic mass is 35.5. The number of nitrogens with one attached hydrogen (secondary N) is 1. The van der Waals surface area contributed by atoms with E-state index in [1.54, 1.807) is 36.4 Å². The molecule has 140 valence electrons. The van der Waals surface area contributed by atoms with Crippen LogP contribution in [0.2, 0.25) is 10.0 Å². The molecule has 0 bridgehead atoms. The third-order valence-electron chi connectivity index (χ3n) is 3.38. The predicted octanol–water partition coefficient (Wildman–Crippen LogP) is 5.33. The molecule has 0 saturated heterocycles. The van der Waals surface area contributed by atoms with Crippen LogP contribution in [0, 0.1) is 11.3 Å². The van der Waals surface area contributed by atoms with Gasteiger partial charge in [-0.25, -0.2) is 0 Å². The number of methoxy groups -OCH3 is 1. The number of halogens is 2. The first-order valence-electron chi connectivity index (χ1n) is 8.07. The number of carbonyl (C=O) groups is 1. The molecule has 0 radical (unpaired) electrons. The van der Waals surface area contributed by atoms with E-state index in [1.807, 2.05) is 19.9 Å². The van der Waals surface area contributed by atoms with Crippen LogP contribution < -0.4 is 14.8 Å². The Balaban J connectivity index is 2.31. The second kappa shape index (κ2) is 9.31. The van der Waals surface area contributed by atoms with Gasteiger partial charge in [-0.05, 0) is 61.9 Å². The molecule has 0 aliphatic carbocycles. The lowest BCUT2D eigenvalue weighted by Crippen LogP contribution is -2.13. The van der Waals surface area contributed by atoms with Crippen LogP contribution in [0.4, 0.5) is 5.69 Å². The SMILES string of the molecule is COc1cc(/C=C(\C#N)C(=O)Nc2ccc(Cl)cc2)cc(Cl)c1OC(C)C. The number of anilines is 1. The Morgan fingerprint density at radius 1 is 1.22 bits per heavy atom. The maximum absolute atomic E-state index is 12.4. The molecule has 27 heavy (non-hydrogen) atoms. The van der Waals surface area contributed by atoms with Crippen LogP contribution in [-0.4, -0.2) is 19.1 Å². The van der Waals surface area contributed by atoms with Crippen molar-refractivity contribution in [3.63, 3.8) is 0 Å². The minimum absolute atomic E-state index is 0.0828. The van der Waals surface area contributed by atoms with Gasteiger partial charge in [-0.15, -0.1) is 0 Å². The Bertz CT molecular complexity index is 901. The highest BCUT2D eigenvalue weighted by Crippen LogP contribution is 2.37. The minimum Gasteiger partial charge on any atom is -0.493 e. The zero-order chi connectivity index (χ0) is 20.0. The van der Waals surface area contributed by atoms with Crippen LogP contribution in [0.25, 0.3) is 6.08 Å². The maximum atomic E-state index is 12.4. The molecule has 0 fully saturated rings. The summed E-state index contributed by atoms with van der Waals surface area (Å²) in [5.41, 5.74) is 0.984. The summed E-state index contributed by atoms with van der Waals surface area (Å²) in [4.78, 5) is 12.4. The third-order valence-corrected chi connectivity index (χ3v) is 3.92. The molecule has 2 rings (SSSR count). The summed E-state index contributed by atoms with van der Waals surface area (Å²) in [6, 6.07) is 11.7. The summed E-state index contributed by atoms with van der Waals surface area (Å²) in [6.07, 6.45) is 1.34. The number of nitriles is 1. The summed E-state index contributed by atoms with van der Waals surface area (Å²) in [7, 11) is 1.49. The maximum Gasteiger partial charge on any atom is 0.266 e. The topological polar surface area (TPSA) is 71.3 Å². The first-order valence-corrected chi connectivity index (χ1v) is 8.82. The summed E-state index contributed by atoms with van der Waals surface area (Å²) in [6.45, 7) is 3.75. The molecular weight excluding hydrogens is 387 g/mol. The number of carbonyl (C=O) groups excluding carboxylic acids is 1. The fourth-order valence-electron chi connectivity index (χ4n) is 2.22. The van der Waals surface area contributed by atoms with E-state index >= 15 is 0 Å². The number of nitrogens with zero attached hydrogens (tertiary/aromatic N) is 1. The lowest BCUT2D eigenvalue weighted by atomic mass is 10.1. The van der Waals surface area contributed by atoms with Gasteiger partial charge in [0.1, 0.15) is 11.6 Å². The van der Waals surface area contributed by atoms with Gasteiger partial charge in [0.2, 0.25) is 0 Å². The highest BCUT2D eigenvalue weighted by Gasteiger charge is 2.15. The molecule has 0 aromatic heterocycles. The second-order valence-corrected chi connectivity index (χ2v) is 6.68. The van der Waals surface area contributed by atoms with E-state index < -0.39 is 5.91 Å². The molecule has 2 aromatic carbocycles. The molecule has 0 aliphatic heterocycles. The van der Waals surface area contributed by atoms with Crippen molar-refractivity contribution in [1.29, 1.82) is 5.26 Å². The molecule has 7 heteroatoms. The Kier molecular flexibility index (Phi) is 7.12. The summed E-state index contributed by atoms with van der Waals surface area (Å²) >= 11 is 12.1. The van der Waals surface area contributed by atoms with Gasteiger partial charge >= 0.3 is 0 Å². The van der Waals surface area contributed by atoms with Gasteiger partial charge in [0.25, 0.3) is 5.91 Å². The van der Waals surface area contributed by atoms with Gasteiger partial charge in [0, 0.05) is 10.7 Å². The Morgan fingerprint density at radius 3 is 2.44 bits per heavy atom. The molecule has 0 atom stereocenters. The van der Waals surface area contributed by atoms with Crippen LogP contribution in [0.1, 0.15) is 19.4 Å². The molecular formula is C20H18Cl2N2O3. The van der Waals surface area contributed by atoms with Crippen molar-refractivity contribution in [3.8, 4) is 17.6 Å². The van der Waals surface area contributed by atoms with Gasteiger partial charge in [0.15, 0.2) is 11.5 Å². The lowest BCUT2D eigenvalue weighted by Gasteiger charge is -2.15. The van der Waals surface area contributed by atoms with Crippen molar-refractivity contribution in [2.75, 3.05) is 12.4 Å². The monoisotopic (exact) mass is 404 g/mol. The van der Waals surface area contributed by atoms with Crippen molar-refractivity contribution in [2.24, 2.45) is 0 Å². The van der Waals surface area contributed by atoms with E-state index in [9.17, 15) is 10.1 Å². The molecule has 0 unspecified atom stereocenters. The number of benzene rings is 2. The average molecular weight is 405 g/mol. The third kappa shape index (κ3) is 5.65. The second-order valence-electron chi connectivity index (χ2n) is 5.83. The van der Waals surface area contributed by atoms with Crippen LogP contribution in [0.15, 0.2) is 42.0 Å². The molecule has 0 saturated carbocycles. The molecule has 2 aromatic rings. The van der Waals surface area contributed by atoms with Crippen LogP contribution in [0.3, 0.4) is 0 Å². The quantitative estimate of drug-likeness (QED) is 0.521. The average Bonchev–Trinajstić information content (AvgIpc) is 2.63. The molecule has 0 heterocycles. The Morgan fingerprint density at radius 2 is 1.89 bits per heavy atom. The van der Waals surface area contributed by atoms with Crippen molar-refractivity contribution in [1.82, 2.24) is 0 Å². The van der Waals surface area contributed by atoms with Crippen LogP contribution in [0.5, 0.6) is 11.5 Å². The summed E-state index contributed by atoms with van der Waals surface area (Å²) in [5, 5.41) is 12.9. The van der Waals surface area contributed by atoms with Crippen molar-refractivity contribution in [3.05, 3.63) is 57.6 Å². The fraction of sp³-hybridized carbons (Fsp3) is 0.200. The Labute approximate surface area is 168 Å². The van der Waals surface area contributed by atoms with Gasteiger partial charge in [-0.2, -0.15) is 5.26 Å². The van der Waals surface area contributed by atoms with Crippen molar-refractivity contribution in [2.45, 2.75) is 20.0 Å². The normalized spacial score (nSPS) is 11.1. The highest BCUT2D eigenvalue weighted by molar-refractivity contribution is 6.32. The van der Waals surface area contributed by atoms with E-state index in [2.05, 4.69) is 5.32 Å². The number of rotatable bonds is 6. The van der Waals surface area contributed by atoms with Crippen LogP contribution in [-0.2, 0) is 4.79 Å². The van der Waals surface area contributed by atoms with Crippen molar-refractivity contribution >= 4 is 40.9 Å². The standard InChI is InChI=1S/C20H18Cl2N2O3/c1-12(2)27-19-17(22)9-13(10-18(19)26-3)8-14(11-23)20(25)24-16-6-4-15(21)5-7-16/h4-10,12H,1-3H3,(H,24,25)/b14-8+. The van der Waals surface area contributed by atoms with Gasteiger partial charge in [0.05, 0.1) is 18.2 Å². The largest absolute Gasteiger partial charge is 0.493 e. The van der Waals surface area contributed by atoms with Gasteiger partial charge in [-0.1, -0.05) is 23.2 Å². The zero-order valence-corrected chi connectivity index (χ0v) is 16.6. The van der Waals surface area contributed by atoms with E-state index in [4.69, 9.17) is 32.7 Å². The number of hydrogen-bond acceptors (Lipinski definition) is 4.